The fourth-order valence-corrected chi connectivity index (χ4v) is 1.38. The molecular formula is C14H17NO. The van der Waals surface area contributed by atoms with Crippen LogP contribution in [0.3, 0.4) is 0 Å². The summed E-state index contributed by atoms with van der Waals surface area (Å²) < 4.78 is 5.55. The van der Waals surface area contributed by atoms with Crippen LogP contribution in [-0.4, -0.2) is 6.61 Å². The van der Waals surface area contributed by atoms with E-state index in [1.165, 1.54) is 12.8 Å². The Balaban J connectivity index is 2.17. The van der Waals surface area contributed by atoms with E-state index in [2.05, 4.69) is 12.6 Å². The second-order valence-electron chi connectivity index (χ2n) is 3.62. The van der Waals surface area contributed by atoms with Crippen LogP contribution in [-0.2, 0) is 0 Å². The average Bonchev–Trinajstić information content (AvgIpc) is 2.34. The van der Waals surface area contributed by atoms with Gasteiger partial charge in [0.15, 0.2) is 0 Å². The molecule has 0 aromatic heterocycles. The second-order valence-corrected chi connectivity index (χ2v) is 3.62. The molecule has 0 spiro atoms. The number of hydrogen-bond acceptors (Lipinski definition) is 2. The van der Waals surface area contributed by atoms with E-state index in [9.17, 15) is 0 Å². The first-order valence-electron chi connectivity index (χ1n) is 5.60. The van der Waals surface area contributed by atoms with Gasteiger partial charge in [0.05, 0.1) is 18.2 Å². The maximum Gasteiger partial charge on any atom is 0.119 e. The molecule has 0 aliphatic carbocycles. The minimum Gasteiger partial charge on any atom is -0.494 e. The number of nitriles is 1. The molecule has 2 nitrogen and oxygen atoms in total. The highest BCUT2D eigenvalue weighted by atomic mass is 16.5. The first-order chi connectivity index (χ1) is 7.86. The molecule has 1 rings (SSSR count). The molecule has 0 aliphatic rings. The van der Waals surface area contributed by atoms with Crippen LogP contribution in [0, 0.1) is 11.3 Å². The Hall–Kier alpha value is -1.75. The zero-order valence-corrected chi connectivity index (χ0v) is 9.48. The minimum atomic E-state index is 0.665. The van der Waals surface area contributed by atoms with Gasteiger partial charge in [0.2, 0.25) is 0 Å². The van der Waals surface area contributed by atoms with Gasteiger partial charge >= 0.3 is 0 Å². The van der Waals surface area contributed by atoms with Gasteiger partial charge in [-0.1, -0.05) is 6.08 Å². The van der Waals surface area contributed by atoms with Gasteiger partial charge in [0.1, 0.15) is 5.75 Å². The number of hydrogen-bond donors (Lipinski definition) is 0. The van der Waals surface area contributed by atoms with E-state index in [1.54, 1.807) is 12.1 Å². The van der Waals surface area contributed by atoms with Crippen molar-refractivity contribution in [3.8, 4) is 11.8 Å². The molecule has 2 heteroatoms. The summed E-state index contributed by atoms with van der Waals surface area (Å²) in [5.41, 5.74) is 0.665. The van der Waals surface area contributed by atoms with Crippen molar-refractivity contribution in [1.29, 1.82) is 5.26 Å². The van der Waals surface area contributed by atoms with Crippen LogP contribution in [0.25, 0.3) is 0 Å². The highest BCUT2D eigenvalue weighted by molar-refractivity contribution is 5.34. The average molecular weight is 215 g/mol. The monoisotopic (exact) mass is 215 g/mol. The van der Waals surface area contributed by atoms with Crippen molar-refractivity contribution in [3.05, 3.63) is 42.5 Å². The molecule has 16 heavy (non-hydrogen) atoms. The fraction of sp³-hybridized carbons (Fsp3) is 0.357. The van der Waals surface area contributed by atoms with Crippen molar-refractivity contribution < 1.29 is 4.74 Å². The number of allylic oxidation sites excluding steroid dienone is 1. The summed E-state index contributed by atoms with van der Waals surface area (Å²) >= 11 is 0. The van der Waals surface area contributed by atoms with Gasteiger partial charge in [-0.25, -0.2) is 0 Å². The van der Waals surface area contributed by atoms with Gasteiger partial charge in [-0.3, -0.25) is 0 Å². The topological polar surface area (TPSA) is 33.0 Å². The van der Waals surface area contributed by atoms with E-state index in [4.69, 9.17) is 10.00 Å². The molecular weight excluding hydrogens is 198 g/mol. The Morgan fingerprint density at radius 1 is 1.19 bits per heavy atom. The lowest BCUT2D eigenvalue weighted by atomic mass is 10.2. The fourth-order valence-electron chi connectivity index (χ4n) is 1.38. The normalized spacial score (nSPS) is 9.44. The molecule has 1 aromatic rings. The molecule has 0 saturated carbocycles. The Bertz CT molecular complexity index is 348. The van der Waals surface area contributed by atoms with Crippen LogP contribution in [0.1, 0.15) is 31.2 Å². The standard InChI is InChI=1S/C14H17NO/c1-2-3-4-5-6-11-16-14-9-7-13(12-15)8-10-14/h2,7-10H,1,3-6,11H2. The quantitative estimate of drug-likeness (QED) is 0.513. The van der Waals surface area contributed by atoms with Gasteiger partial charge in [-0.2, -0.15) is 5.26 Å². The number of ether oxygens (including phenoxy) is 1. The lowest BCUT2D eigenvalue weighted by Crippen LogP contribution is -1.96. The Morgan fingerprint density at radius 3 is 2.56 bits per heavy atom. The molecule has 0 fully saturated rings. The molecule has 0 amide bonds. The Morgan fingerprint density at radius 2 is 1.94 bits per heavy atom. The smallest absolute Gasteiger partial charge is 0.119 e. The molecule has 0 unspecified atom stereocenters. The highest BCUT2D eigenvalue weighted by Gasteiger charge is 1.94. The van der Waals surface area contributed by atoms with E-state index < -0.39 is 0 Å². The van der Waals surface area contributed by atoms with Gasteiger partial charge in [0.25, 0.3) is 0 Å². The second kappa shape index (κ2) is 7.53. The van der Waals surface area contributed by atoms with Crippen LogP contribution in [0.15, 0.2) is 36.9 Å². The lowest BCUT2D eigenvalue weighted by Gasteiger charge is -2.05. The van der Waals surface area contributed by atoms with E-state index in [-0.39, 0.29) is 0 Å². The first-order valence-corrected chi connectivity index (χ1v) is 5.60. The molecule has 1 aromatic carbocycles. The van der Waals surface area contributed by atoms with Crippen LogP contribution < -0.4 is 4.74 Å². The third-order valence-electron chi connectivity index (χ3n) is 2.30. The first kappa shape index (κ1) is 12.3. The van der Waals surface area contributed by atoms with Crippen LogP contribution in [0.2, 0.25) is 0 Å². The summed E-state index contributed by atoms with van der Waals surface area (Å²) in [5.74, 6) is 0.836. The third kappa shape index (κ3) is 4.65. The van der Waals surface area contributed by atoms with Gasteiger partial charge in [0, 0.05) is 0 Å². The molecule has 84 valence electrons. The number of nitrogens with zero attached hydrogens (tertiary/aromatic N) is 1. The summed E-state index contributed by atoms with van der Waals surface area (Å²) in [6.45, 7) is 4.42. The van der Waals surface area contributed by atoms with Crippen molar-refractivity contribution in [1.82, 2.24) is 0 Å². The summed E-state index contributed by atoms with van der Waals surface area (Å²) in [4.78, 5) is 0. The van der Waals surface area contributed by atoms with Crippen molar-refractivity contribution >= 4 is 0 Å². The summed E-state index contributed by atoms with van der Waals surface area (Å²) in [7, 11) is 0. The van der Waals surface area contributed by atoms with Crippen molar-refractivity contribution in [3.63, 3.8) is 0 Å². The van der Waals surface area contributed by atoms with Crippen molar-refractivity contribution in [2.45, 2.75) is 25.7 Å². The van der Waals surface area contributed by atoms with E-state index in [0.29, 0.717) is 5.56 Å². The van der Waals surface area contributed by atoms with Crippen molar-refractivity contribution in [2.75, 3.05) is 6.61 Å². The predicted molar refractivity (Wildman–Crippen MR) is 65.3 cm³/mol. The highest BCUT2D eigenvalue weighted by Crippen LogP contribution is 2.12. The van der Waals surface area contributed by atoms with Gasteiger partial charge < -0.3 is 4.74 Å². The van der Waals surface area contributed by atoms with Crippen LogP contribution in [0.5, 0.6) is 5.75 Å². The molecule has 0 saturated heterocycles. The molecule has 0 radical (unpaired) electrons. The predicted octanol–water partition coefficient (Wildman–Crippen LogP) is 3.68. The Kier molecular flexibility index (Phi) is 5.80. The van der Waals surface area contributed by atoms with Gasteiger partial charge in [-0.05, 0) is 49.9 Å². The van der Waals surface area contributed by atoms with E-state index in [1.807, 2.05) is 18.2 Å². The molecule has 0 atom stereocenters. The lowest BCUT2D eigenvalue weighted by molar-refractivity contribution is 0.305. The summed E-state index contributed by atoms with van der Waals surface area (Å²) in [6, 6.07) is 9.29. The molecule has 0 bridgehead atoms. The minimum absolute atomic E-state index is 0.665. The van der Waals surface area contributed by atoms with Crippen LogP contribution in [0.4, 0.5) is 0 Å². The van der Waals surface area contributed by atoms with Crippen LogP contribution >= 0.6 is 0 Å². The molecule has 0 aliphatic heterocycles. The maximum absolute atomic E-state index is 8.63. The van der Waals surface area contributed by atoms with Crippen molar-refractivity contribution in [2.24, 2.45) is 0 Å². The number of benzene rings is 1. The number of unbranched alkanes of at least 4 members (excludes halogenated alkanes) is 3. The number of rotatable bonds is 7. The summed E-state index contributed by atoms with van der Waals surface area (Å²) in [5, 5.41) is 8.63. The zero-order chi connectivity index (χ0) is 11.6. The maximum atomic E-state index is 8.63. The van der Waals surface area contributed by atoms with Gasteiger partial charge in [-0.15, -0.1) is 6.58 Å². The van der Waals surface area contributed by atoms with E-state index >= 15 is 0 Å². The Labute approximate surface area is 97.2 Å². The summed E-state index contributed by atoms with van der Waals surface area (Å²) in [6.07, 6.45) is 6.44. The zero-order valence-electron chi connectivity index (χ0n) is 9.48. The van der Waals surface area contributed by atoms with E-state index in [0.717, 1.165) is 25.2 Å². The third-order valence-corrected chi connectivity index (χ3v) is 2.30. The molecule has 0 heterocycles. The molecule has 0 N–H and O–H groups in total. The largest absolute Gasteiger partial charge is 0.494 e. The SMILES string of the molecule is C=CCCCCCOc1ccc(C#N)cc1.